The van der Waals surface area contributed by atoms with E-state index in [-0.39, 0.29) is 0 Å². The first-order chi connectivity index (χ1) is 29.7. The van der Waals surface area contributed by atoms with E-state index in [1.807, 2.05) is 0 Å². The molecule has 0 aromatic heterocycles. The molecule has 0 spiro atoms. The Balaban J connectivity index is 1.47. The Morgan fingerprint density at radius 3 is 0.710 bits per heavy atom. The van der Waals surface area contributed by atoms with Crippen molar-refractivity contribution in [2.24, 2.45) is 0 Å². The second-order valence-corrected chi connectivity index (χ2v) is 22.1. The highest BCUT2D eigenvalue weighted by Gasteiger charge is 2.18. The zero-order valence-corrected chi connectivity index (χ0v) is 43.3. The highest BCUT2D eigenvalue weighted by molar-refractivity contribution is 5.64. The Bertz CT molecular complexity index is 1230. The number of benzene rings is 2. The fraction of sp³-hybridized carbons (Fsp3) is 0.786. The minimum Gasteiger partial charge on any atom is -0.494 e. The van der Waals surface area contributed by atoms with Gasteiger partial charge in [-0.2, -0.15) is 0 Å². The van der Waals surface area contributed by atoms with Crippen LogP contribution in [0.2, 0.25) is 0 Å². The summed E-state index contributed by atoms with van der Waals surface area (Å²) in [5.41, 5.74) is 2.43. The lowest BCUT2D eigenvalue weighted by molar-refractivity contribution is -0.891. The number of quaternary nitrogens is 4. The van der Waals surface area contributed by atoms with Crippen LogP contribution < -0.4 is 9.47 Å². The summed E-state index contributed by atoms with van der Waals surface area (Å²) in [6, 6.07) is 17.2. The predicted octanol–water partition coefficient (Wildman–Crippen LogP) is 13.8. The molecular weight excluding hydrogens is 761 g/mol. The van der Waals surface area contributed by atoms with Gasteiger partial charge in [0.1, 0.15) is 11.5 Å². The topological polar surface area (TPSA) is 18.5 Å². The third-order valence-electron chi connectivity index (χ3n) is 13.7. The van der Waals surface area contributed by atoms with Gasteiger partial charge in [0.15, 0.2) is 0 Å². The van der Waals surface area contributed by atoms with Crippen LogP contribution in [0.25, 0.3) is 11.1 Å². The number of hydrogen-bond donors (Lipinski definition) is 0. The molecular formula is C56H106N4O2+4. The van der Waals surface area contributed by atoms with Gasteiger partial charge in [-0.15, -0.1) is 0 Å². The van der Waals surface area contributed by atoms with Gasteiger partial charge in [0.2, 0.25) is 0 Å². The molecule has 0 saturated heterocycles. The van der Waals surface area contributed by atoms with Gasteiger partial charge < -0.3 is 27.4 Å². The van der Waals surface area contributed by atoms with Crippen LogP contribution in [0.15, 0.2) is 48.5 Å². The van der Waals surface area contributed by atoms with Crippen molar-refractivity contribution in [1.29, 1.82) is 0 Å². The van der Waals surface area contributed by atoms with Crippen LogP contribution in [-0.2, 0) is 0 Å². The van der Waals surface area contributed by atoms with E-state index in [2.05, 4.69) is 119 Å². The van der Waals surface area contributed by atoms with E-state index in [9.17, 15) is 0 Å². The van der Waals surface area contributed by atoms with Crippen molar-refractivity contribution < 1.29 is 27.4 Å². The summed E-state index contributed by atoms with van der Waals surface area (Å²) >= 11 is 0. The molecule has 0 unspecified atom stereocenters. The smallest absolute Gasteiger partial charge is 0.119 e. The van der Waals surface area contributed by atoms with Crippen LogP contribution >= 0.6 is 0 Å². The van der Waals surface area contributed by atoms with Gasteiger partial charge in [-0.3, -0.25) is 0 Å². The van der Waals surface area contributed by atoms with Crippen molar-refractivity contribution in [2.75, 3.05) is 122 Å². The Morgan fingerprint density at radius 2 is 0.484 bits per heavy atom. The zero-order valence-electron chi connectivity index (χ0n) is 43.3. The normalized spacial score (nSPS) is 12.6. The molecule has 0 N–H and O–H groups in total. The van der Waals surface area contributed by atoms with E-state index in [0.29, 0.717) is 0 Å². The minimum atomic E-state index is 0.799. The fourth-order valence-corrected chi connectivity index (χ4v) is 9.11. The molecule has 0 amide bonds. The summed E-state index contributed by atoms with van der Waals surface area (Å²) in [6.45, 7) is 16.7. The van der Waals surface area contributed by atoms with Crippen LogP contribution in [0.5, 0.6) is 11.5 Å². The molecule has 0 heterocycles. The van der Waals surface area contributed by atoms with Crippen molar-refractivity contribution >= 4 is 0 Å². The van der Waals surface area contributed by atoms with Gasteiger partial charge >= 0.3 is 0 Å². The van der Waals surface area contributed by atoms with Crippen molar-refractivity contribution in [2.45, 2.75) is 168 Å². The molecule has 0 aliphatic carbocycles. The number of hydrogen-bond acceptors (Lipinski definition) is 2. The van der Waals surface area contributed by atoms with Gasteiger partial charge in [-0.05, 0) is 164 Å². The van der Waals surface area contributed by atoms with Gasteiger partial charge in [-0.1, -0.05) is 63.8 Å². The lowest BCUT2D eigenvalue weighted by Gasteiger charge is -2.31. The first kappa shape index (κ1) is 56.0. The standard InChI is InChI=1S/C56H106N4O2/c1-11-13-15-25-43-57(3,4)45-27-17-19-29-47-59(7,8)49-31-21-23-33-51-61-55-39-35-53(36-40-55)54-37-41-56(42-38-54)62-52-34-24-22-32-50-60(9,10)48-30-20-18-28-46-58(5,6)44-26-16-14-12-2/h35-42H,11-34,43-52H2,1-10H3/q+4. The summed E-state index contributed by atoms with van der Waals surface area (Å²) in [7, 11) is 19.4. The first-order valence-corrected chi connectivity index (χ1v) is 26.4. The lowest BCUT2D eigenvalue weighted by atomic mass is 10.1. The first-order valence-electron chi connectivity index (χ1n) is 26.4. The molecule has 2 aromatic rings. The minimum absolute atomic E-state index is 0.799. The van der Waals surface area contributed by atoms with Gasteiger partial charge in [0.25, 0.3) is 0 Å². The summed E-state index contributed by atoms with van der Waals surface area (Å²) in [6.07, 6.45) is 32.0. The summed E-state index contributed by atoms with van der Waals surface area (Å²) in [5, 5.41) is 0. The maximum absolute atomic E-state index is 6.12. The monoisotopic (exact) mass is 867 g/mol. The predicted molar refractivity (Wildman–Crippen MR) is 272 cm³/mol. The van der Waals surface area contributed by atoms with Crippen molar-refractivity contribution in [1.82, 2.24) is 0 Å². The van der Waals surface area contributed by atoms with Gasteiger partial charge in [-0.25, -0.2) is 0 Å². The number of unbranched alkanes of at least 4 members (excludes halogenated alkanes) is 18. The van der Waals surface area contributed by atoms with Crippen molar-refractivity contribution in [3.05, 3.63) is 48.5 Å². The largest absolute Gasteiger partial charge is 0.494 e. The van der Waals surface area contributed by atoms with E-state index in [1.165, 1.54) is 214 Å². The SMILES string of the molecule is CCCCCC[N+](C)(C)CCCCCC[N+](C)(C)CCCCCCOc1ccc(-c2ccc(OCCCCCC[N+](C)(C)CCCCCC[N+](C)(C)CCCCCC)cc2)cc1. The Labute approximate surface area is 387 Å². The van der Waals surface area contributed by atoms with Crippen LogP contribution in [0.1, 0.15) is 168 Å². The molecule has 62 heavy (non-hydrogen) atoms. The zero-order chi connectivity index (χ0) is 45.4. The molecule has 0 bridgehead atoms. The number of rotatable bonds is 41. The van der Waals surface area contributed by atoms with Gasteiger partial charge in [0.05, 0.1) is 122 Å². The second kappa shape index (κ2) is 32.5. The number of nitrogens with zero attached hydrogens (tertiary/aromatic N) is 4. The van der Waals surface area contributed by atoms with Crippen LogP contribution in [0.3, 0.4) is 0 Å². The highest BCUT2D eigenvalue weighted by atomic mass is 16.5. The van der Waals surface area contributed by atoms with Crippen LogP contribution in [0.4, 0.5) is 0 Å². The molecule has 6 heteroatoms. The Kier molecular flexibility index (Phi) is 29.4. The molecule has 0 aliphatic rings. The lowest BCUT2D eigenvalue weighted by Crippen LogP contribution is -2.41. The molecule has 0 aliphatic heterocycles. The molecule has 0 fully saturated rings. The van der Waals surface area contributed by atoms with Crippen molar-refractivity contribution in [3.8, 4) is 22.6 Å². The fourth-order valence-electron chi connectivity index (χ4n) is 9.11. The Hall–Kier alpha value is -2.12. The van der Waals surface area contributed by atoms with Crippen LogP contribution in [-0.4, -0.2) is 140 Å². The molecule has 0 atom stereocenters. The van der Waals surface area contributed by atoms with E-state index in [4.69, 9.17) is 9.47 Å². The maximum Gasteiger partial charge on any atom is 0.119 e. The van der Waals surface area contributed by atoms with Crippen molar-refractivity contribution in [3.63, 3.8) is 0 Å². The summed E-state index contributed by atoms with van der Waals surface area (Å²) in [4.78, 5) is 0. The molecule has 0 saturated carbocycles. The summed E-state index contributed by atoms with van der Waals surface area (Å²) < 4.78 is 17.0. The van der Waals surface area contributed by atoms with Gasteiger partial charge in [0, 0.05) is 0 Å². The summed E-state index contributed by atoms with van der Waals surface area (Å²) in [5.74, 6) is 1.94. The number of ether oxygens (including phenoxy) is 2. The second-order valence-electron chi connectivity index (χ2n) is 22.1. The molecule has 2 aromatic carbocycles. The third-order valence-corrected chi connectivity index (χ3v) is 13.7. The van der Waals surface area contributed by atoms with E-state index in [0.717, 1.165) is 46.5 Å². The van der Waals surface area contributed by atoms with Crippen LogP contribution in [0, 0.1) is 0 Å². The average molecular weight is 867 g/mol. The molecule has 0 radical (unpaired) electrons. The average Bonchev–Trinajstić information content (AvgIpc) is 3.23. The molecule has 2 rings (SSSR count). The van der Waals surface area contributed by atoms with E-state index < -0.39 is 0 Å². The van der Waals surface area contributed by atoms with E-state index >= 15 is 0 Å². The Morgan fingerprint density at radius 1 is 0.274 bits per heavy atom. The maximum atomic E-state index is 6.12. The van der Waals surface area contributed by atoms with E-state index in [1.54, 1.807) is 0 Å². The third kappa shape index (κ3) is 29.3. The molecule has 6 nitrogen and oxygen atoms in total. The highest BCUT2D eigenvalue weighted by Crippen LogP contribution is 2.25. The quantitative estimate of drug-likeness (QED) is 0.0490. The molecule has 358 valence electrons.